The molecule has 0 saturated heterocycles. The molecule has 0 spiro atoms. The molecule has 2 N–H and O–H groups in total. The van der Waals surface area contributed by atoms with Crippen molar-refractivity contribution in [3.8, 4) is 5.75 Å². The molecule has 1 heterocycles. The maximum atomic E-state index is 6.04. The van der Waals surface area contributed by atoms with Crippen molar-refractivity contribution in [3.63, 3.8) is 0 Å². The summed E-state index contributed by atoms with van der Waals surface area (Å²) in [7, 11) is 0. The van der Waals surface area contributed by atoms with Crippen molar-refractivity contribution in [2.75, 3.05) is 6.54 Å². The molecule has 0 amide bonds. The molecule has 140 valence electrons. The van der Waals surface area contributed by atoms with E-state index in [0.29, 0.717) is 18.2 Å². The summed E-state index contributed by atoms with van der Waals surface area (Å²) in [6.07, 6.45) is 1.74. The van der Waals surface area contributed by atoms with Gasteiger partial charge in [0.1, 0.15) is 16.5 Å². The van der Waals surface area contributed by atoms with Gasteiger partial charge in [-0.05, 0) is 45.4 Å². The van der Waals surface area contributed by atoms with E-state index in [1.165, 1.54) is 0 Å². The van der Waals surface area contributed by atoms with Gasteiger partial charge < -0.3 is 15.4 Å². The number of nitrogens with zero attached hydrogens (tertiary/aromatic N) is 2. The lowest BCUT2D eigenvalue weighted by Gasteiger charge is -2.23. The van der Waals surface area contributed by atoms with Crippen molar-refractivity contribution in [2.45, 2.75) is 46.4 Å². The molecule has 1 aromatic carbocycles. The van der Waals surface area contributed by atoms with Crippen molar-refractivity contribution in [2.24, 2.45) is 4.99 Å². The monoisotopic (exact) mass is 374 g/mol. The van der Waals surface area contributed by atoms with Gasteiger partial charge in [-0.3, -0.25) is 0 Å². The zero-order valence-corrected chi connectivity index (χ0v) is 16.6. The number of aliphatic imine (C=N–C) groups is 1. The lowest BCUT2D eigenvalue weighted by atomic mass is 10.1. The Bertz CT molecular complexity index is 723. The second-order valence-corrected chi connectivity index (χ2v) is 7.25. The Kier molecular flexibility index (Phi) is 7.27. The van der Waals surface area contributed by atoms with Crippen LogP contribution in [0, 0.1) is 0 Å². The van der Waals surface area contributed by atoms with Crippen molar-refractivity contribution < 1.29 is 4.74 Å². The Morgan fingerprint density at radius 3 is 2.58 bits per heavy atom. The molecular formula is C20H27ClN4O. The van der Waals surface area contributed by atoms with Crippen LogP contribution in [0.15, 0.2) is 47.6 Å². The topological polar surface area (TPSA) is 58.5 Å². The Labute approximate surface area is 160 Å². The van der Waals surface area contributed by atoms with Crippen LogP contribution in [0.25, 0.3) is 0 Å². The molecule has 0 saturated carbocycles. The minimum absolute atomic E-state index is 0.240. The third kappa shape index (κ3) is 6.92. The number of guanidine groups is 1. The van der Waals surface area contributed by atoms with Crippen molar-refractivity contribution in [1.29, 1.82) is 0 Å². The SMILES string of the molecule is CCNC(=NCc1ccc(Cl)nc1)NCc1ccccc1OC(C)(C)C. The number of ether oxygens (including phenoxy) is 1. The van der Waals surface area contributed by atoms with E-state index in [4.69, 9.17) is 16.3 Å². The first-order valence-electron chi connectivity index (χ1n) is 8.77. The predicted molar refractivity (Wildman–Crippen MR) is 108 cm³/mol. The van der Waals surface area contributed by atoms with Gasteiger partial charge in [0.25, 0.3) is 0 Å². The van der Waals surface area contributed by atoms with Gasteiger partial charge in [0.15, 0.2) is 5.96 Å². The van der Waals surface area contributed by atoms with Crippen LogP contribution in [0.4, 0.5) is 0 Å². The fourth-order valence-electron chi connectivity index (χ4n) is 2.27. The highest BCUT2D eigenvalue weighted by molar-refractivity contribution is 6.29. The van der Waals surface area contributed by atoms with Gasteiger partial charge in [-0.1, -0.05) is 35.9 Å². The summed E-state index contributed by atoms with van der Waals surface area (Å²) in [5.74, 6) is 1.62. The molecular weight excluding hydrogens is 348 g/mol. The number of halogens is 1. The first-order valence-corrected chi connectivity index (χ1v) is 9.14. The maximum Gasteiger partial charge on any atom is 0.191 e. The number of hydrogen-bond acceptors (Lipinski definition) is 3. The Balaban J connectivity index is 2.04. The first-order chi connectivity index (χ1) is 12.4. The summed E-state index contributed by atoms with van der Waals surface area (Å²) in [6.45, 7) is 10.1. The van der Waals surface area contributed by atoms with E-state index in [-0.39, 0.29) is 5.60 Å². The summed E-state index contributed by atoms with van der Waals surface area (Å²) in [5.41, 5.74) is 1.85. The Morgan fingerprint density at radius 1 is 1.15 bits per heavy atom. The van der Waals surface area contributed by atoms with Gasteiger partial charge in [0, 0.05) is 24.8 Å². The summed E-state index contributed by atoms with van der Waals surface area (Å²) in [5, 5.41) is 7.10. The molecule has 2 aromatic rings. The molecule has 5 nitrogen and oxygen atoms in total. The second kappa shape index (κ2) is 9.43. The Hall–Kier alpha value is -2.27. The summed E-state index contributed by atoms with van der Waals surface area (Å²) in [4.78, 5) is 8.68. The third-order valence-corrected chi connectivity index (χ3v) is 3.61. The van der Waals surface area contributed by atoms with Crippen molar-refractivity contribution in [1.82, 2.24) is 15.6 Å². The maximum absolute atomic E-state index is 6.04. The fourth-order valence-corrected chi connectivity index (χ4v) is 2.38. The fraction of sp³-hybridized carbons (Fsp3) is 0.400. The van der Waals surface area contributed by atoms with Crippen LogP contribution in [0.3, 0.4) is 0 Å². The van der Waals surface area contributed by atoms with Crippen LogP contribution >= 0.6 is 11.6 Å². The third-order valence-electron chi connectivity index (χ3n) is 3.39. The lowest BCUT2D eigenvalue weighted by Crippen LogP contribution is -2.37. The molecule has 2 rings (SSSR count). The molecule has 0 fully saturated rings. The van der Waals surface area contributed by atoms with E-state index >= 15 is 0 Å². The molecule has 6 heteroatoms. The van der Waals surface area contributed by atoms with Crippen LogP contribution in [-0.2, 0) is 13.1 Å². The average Bonchev–Trinajstić information content (AvgIpc) is 2.58. The normalized spacial score (nSPS) is 12.0. The minimum Gasteiger partial charge on any atom is -0.488 e. The van der Waals surface area contributed by atoms with Gasteiger partial charge in [-0.15, -0.1) is 0 Å². The van der Waals surface area contributed by atoms with Gasteiger partial charge in [-0.25, -0.2) is 9.98 Å². The molecule has 26 heavy (non-hydrogen) atoms. The molecule has 0 unspecified atom stereocenters. The zero-order valence-electron chi connectivity index (χ0n) is 15.8. The predicted octanol–water partition coefficient (Wildman–Crippen LogP) is 4.17. The summed E-state index contributed by atoms with van der Waals surface area (Å²) >= 11 is 5.82. The summed E-state index contributed by atoms with van der Waals surface area (Å²) in [6, 6.07) is 11.7. The number of nitrogens with one attached hydrogen (secondary N) is 2. The van der Waals surface area contributed by atoms with E-state index in [2.05, 4.69) is 26.7 Å². The Morgan fingerprint density at radius 2 is 1.92 bits per heavy atom. The smallest absolute Gasteiger partial charge is 0.191 e. The quantitative estimate of drug-likeness (QED) is 0.452. The van der Waals surface area contributed by atoms with Crippen LogP contribution in [0.5, 0.6) is 5.75 Å². The van der Waals surface area contributed by atoms with E-state index < -0.39 is 0 Å². The van der Waals surface area contributed by atoms with Crippen LogP contribution < -0.4 is 15.4 Å². The zero-order chi connectivity index (χ0) is 19.0. The standard InChI is InChI=1S/C20H27ClN4O/c1-5-22-19(24-13-15-10-11-18(21)23-12-15)25-14-16-8-6-7-9-17(16)26-20(2,3)4/h6-12H,5,13-14H2,1-4H3,(H2,22,24,25). The van der Waals surface area contributed by atoms with Crippen LogP contribution in [0.2, 0.25) is 5.15 Å². The number of aromatic nitrogens is 1. The van der Waals surface area contributed by atoms with Crippen molar-refractivity contribution >= 4 is 17.6 Å². The minimum atomic E-state index is -0.240. The van der Waals surface area contributed by atoms with E-state index in [0.717, 1.165) is 29.4 Å². The first kappa shape index (κ1) is 20.0. The largest absolute Gasteiger partial charge is 0.488 e. The van der Waals surface area contributed by atoms with E-state index in [9.17, 15) is 0 Å². The highest BCUT2D eigenvalue weighted by Gasteiger charge is 2.14. The number of rotatable bonds is 6. The lowest BCUT2D eigenvalue weighted by molar-refractivity contribution is 0.129. The van der Waals surface area contributed by atoms with Gasteiger partial charge in [0.05, 0.1) is 6.54 Å². The molecule has 0 atom stereocenters. The summed E-state index contributed by atoms with van der Waals surface area (Å²) < 4.78 is 6.04. The number of benzene rings is 1. The van der Waals surface area contributed by atoms with Crippen LogP contribution in [-0.4, -0.2) is 23.1 Å². The highest BCUT2D eigenvalue weighted by Crippen LogP contribution is 2.22. The molecule has 0 aliphatic rings. The van der Waals surface area contributed by atoms with Crippen molar-refractivity contribution in [3.05, 3.63) is 58.9 Å². The number of para-hydroxylation sites is 1. The van der Waals surface area contributed by atoms with E-state index in [1.54, 1.807) is 12.3 Å². The van der Waals surface area contributed by atoms with Gasteiger partial charge in [-0.2, -0.15) is 0 Å². The van der Waals surface area contributed by atoms with Crippen LogP contribution in [0.1, 0.15) is 38.8 Å². The average molecular weight is 375 g/mol. The highest BCUT2D eigenvalue weighted by atomic mass is 35.5. The van der Waals surface area contributed by atoms with Gasteiger partial charge in [0.2, 0.25) is 0 Å². The van der Waals surface area contributed by atoms with E-state index in [1.807, 2.05) is 52.0 Å². The molecule has 0 bridgehead atoms. The molecule has 1 aromatic heterocycles. The molecule has 0 aliphatic carbocycles. The molecule has 0 aliphatic heterocycles. The molecule has 0 radical (unpaired) electrons. The number of pyridine rings is 1. The van der Waals surface area contributed by atoms with Gasteiger partial charge >= 0.3 is 0 Å². The second-order valence-electron chi connectivity index (χ2n) is 6.86. The number of hydrogen-bond donors (Lipinski definition) is 2.